The predicted molar refractivity (Wildman–Crippen MR) is 86.4 cm³/mol. The Morgan fingerprint density at radius 2 is 1.81 bits per heavy atom. The van der Waals surface area contributed by atoms with Crippen LogP contribution in [0.4, 0.5) is 17.1 Å². The van der Waals surface area contributed by atoms with Crippen LogP contribution in [0.2, 0.25) is 0 Å². The Balaban J connectivity index is 2.00. The number of carbonyl (C=O) groups excluding carboxylic acids is 1. The van der Waals surface area contributed by atoms with E-state index in [4.69, 9.17) is 11.5 Å². The summed E-state index contributed by atoms with van der Waals surface area (Å²) >= 11 is 0. The third-order valence-corrected chi connectivity index (χ3v) is 3.82. The maximum Gasteiger partial charge on any atom is 0.258 e. The minimum atomic E-state index is -0.0428. The molecule has 0 aromatic heterocycles. The van der Waals surface area contributed by atoms with Gasteiger partial charge in [-0.3, -0.25) is 4.79 Å². The molecule has 4 N–H and O–H groups in total. The zero-order valence-electron chi connectivity index (χ0n) is 12.1. The van der Waals surface area contributed by atoms with Crippen molar-refractivity contribution < 1.29 is 4.79 Å². The van der Waals surface area contributed by atoms with Crippen molar-refractivity contribution in [1.29, 1.82) is 0 Å². The Bertz CT molecular complexity index is 689. The van der Waals surface area contributed by atoms with Crippen LogP contribution < -0.4 is 16.4 Å². The van der Waals surface area contributed by atoms with E-state index in [1.807, 2.05) is 17.0 Å². The lowest BCUT2D eigenvalue weighted by Gasteiger charge is -2.30. The van der Waals surface area contributed by atoms with Crippen LogP contribution in [0.3, 0.4) is 0 Å². The zero-order chi connectivity index (χ0) is 15.0. The average Bonchev–Trinajstić information content (AvgIpc) is 2.44. The lowest BCUT2D eigenvalue weighted by Crippen LogP contribution is -2.35. The summed E-state index contributed by atoms with van der Waals surface area (Å²) < 4.78 is 0. The van der Waals surface area contributed by atoms with Crippen molar-refractivity contribution in [2.45, 2.75) is 19.8 Å². The quantitative estimate of drug-likeness (QED) is 0.789. The molecule has 0 radical (unpaired) electrons. The van der Waals surface area contributed by atoms with Crippen LogP contribution in [-0.2, 0) is 6.42 Å². The van der Waals surface area contributed by atoms with Gasteiger partial charge in [-0.25, -0.2) is 0 Å². The van der Waals surface area contributed by atoms with Crippen LogP contribution in [0.25, 0.3) is 0 Å². The number of nitrogens with zero attached hydrogens (tertiary/aromatic N) is 1. The normalized spacial score (nSPS) is 13.9. The summed E-state index contributed by atoms with van der Waals surface area (Å²) in [5, 5.41) is 0. The summed E-state index contributed by atoms with van der Waals surface area (Å²) in [4.78, 5) is 14.6. The second-order valence-electron chi connectivity index (χ2n) is 5.58. The molecule has 3 rings (SSSR count). The molecule has 0 fully saturated rings. The van der Waals surface area contributed by atoms with Gasteiger partial charge in [0.15, 0.2) is 0 Å². The molecule has 0 spiro atoms. The van der Waals surface area contributed by atoms with Crippen LogP contribution in [0.15, 0.2) is 36.4 Å². The minimum absolute atomic E-state index is 0.0428. The number of hydrogen-bond acceptors (Lipinski definition) is 3. The van der Waals surface area contributed by atoms with Gasteiger partial charge in [-0.1, -0.05) is 17.7 Å². The molecule has 108 valence electrons. The Hall–Kier alpha value is -2.49. The lowest BCUT2D eigenvalue weighted by molar-refractivity contribution is 0.0985. The number of rotatable bonds is 1. The van der Waals surface area contributed by atoms with Crippen molar-refractivity contribution in [3.63, 3.8) is 0 Å². The Kier molecular flexibility index (Phi) is 3.29. The van der Waals surface area contributed by atoms with Crippen molar-refractivity contribution in [1.82, 2.24) is 0 Å². The predicted octanol–water partition coefficient (Wildman–Crippen LogP) is 2.75. The van der Waals surface area contributed by atoms with E-state index in [-0.39, 0.29) is 5.91 Å². The van der Waals surface area contributed by atoms with Gasteiger partial charge in [-0.2, -0.15) is 0 Å². The third kappa shape index (κ3) is 2.57. The number of hydrogen-bond donors (Lipinski definition) is 2. The molecule has 0 aliphatic carbocycles. The molecule has 21 heavy (non-hydrogen) atoms. The SMILES string of the molecule is Cc1ccc2c(c1)CCCN2C(=O)c1cc(N)cc(N)c1. The highest BCUT2D eigenvalue weighted by atomic mass is 16.2. The van der Waals surface area contributed by atoms with Gasteiger partial charge >= 0.3 is 0 Å². The molecule has 1 aliphatic heterocycles. The van der Waals surface area contributed by atoms with Gasteiger partial charge in [0.25, 0.3) is 5.91 Å². The molecule has 0 unspecified atom stereocenters. The van der Waals surface area contributed by atoms with Crippen LogP contribution in [-0.4, -0.2) is 12.5 Å². The fourth-order valence-corrected chi connectivity index (χ4v) is 2.89. The first kappa shape index (κ1) is 13.5. The molecule has 0 saturated heterocycles. The highest BCUT2D eigenvalue weighted by Crippen LogP contribution is 2.29. The highest BCUT2D eigenvalue weighted by Gasteiger charge is 2.23. The van der Waals surface area contributed by atoms with Crippen molar-refractivity contribution in [2.24, 2.45) is 0 Å². The van der Waals surface area contributed by atoms with Gasteiger partial charge in [0.05, 0.1) is 0 Å². The molecule has 1 amide bonds. The number of benzene rings is 2. The smallest absolute Gasteiger partial charge is 0.258 e. The number of amides is 1. The van der Waals surface area contributed by atoms with Gasteiger partial charge in [-0.05, 0) is 49.6 Å². The van der Waals surface area contributed by atoms with Gasteiger partial charge in [0, 0.05) is 29.2 Å². The number of nitrogen functional groups attached to an aromatic ring is 2. The second kappa shape index (κ2) is 5.13. The number of aryl methyl sites for hydroxylation is 2. The van der Waals surface area contributed by atoms with Crippen molar-refractivity contribution in [3.8, 4) is 0 Å². The summed E-state index contributed by atoms with van der Waals surface area (Å²) in [6, 6.07) is 11.2. The summed E-state index contributed by atoms with van der Waals surface area (Å²) in [5.74, 6) is -0.0428. The van der Waals surface area contributed by atoms with E-state index in [0.717, 1.165) is 25.1 Å². The van der Waals surface area contributed by atoms with Gasteiger partial charge in [-0.15, -0.1) is 0 Å². The molecular formula is C17H19N3O. The van der Waals surface area contributed by atoms with E-state index in [1.54, 1.807) is 18.2 Å². The topological polar surface area (TPSA) is 72.3 Å². The molecule has 2 aromatic rings. The number of carbonyl (C=O) groups is 1. The Morgan fingerprint density at radius 1 is 1.10 bits per heavy atom. The molecule has 1 heterocycles. The van der Waals surface area contributed by atoms with Crippen molar-refractivity contribution in [2.75, 3.05) is 22.9 Å². The fraction of sp³-hybridized carbons (Fsp3) is 0.235. The van der Waals surface area contributed by atoms with Gasteiger partial charge in [0.1, 0.15) is 0 Å². The lowest BCUT2D eigenvalue weighted by atomic mass is 9.98. The number of anilines is 3. The molecule has 0 saturated carbocycles. The molecule has 0 atom stereocenters. The second-order valence-corrected chi connectivity index (χ2v) is 5.58. The molecule has 4 nitrogen and oxygen atoms in total. The average molecular weight is 281 g/mol. The third-order valence-electron chi connectivity index (χ3n) is 3.82. The van der Waals surface area contributed by atoms with Gasteiger partial charge < -0.3 is 16.4 Å². The first-order valence-electron chi connectivity index (χ1n) is 7.12. The maximum absolute atomic E-state index is 12.8. The summed E-state index contributed by atoms with van der Waals surface area (Å²) in [6.45, 7) is 2.79. The van der Waals surface area contributed by atoms with Crippen LogP contribution in [0, 0.1) is 6.92 Å². The van der Waals surface area contributed by atoms with Crippen molar-refractivity contribution in [3.05, 3.63) is 53.1 Å². The first-order chi connectivity index (χ1) is 10.0. The Morgan fingerprint density at radius 3 is 2.52 bits per heavy atom. The Labute approximate surface area is 124 Å². The number of fused-ring (bicyclic) bond motifs is 1. The summed E-state index contributed by atoms with van der Waals surface area (Å²) in [7, 11) is 0. The van der Waals surface area contributed by atoms with E-state index < -0.39 is 0 Å². The van der Waals surface area contributed by atoms with Crippen molar-refractivity contribution >= 4 is 23.0 Å². The summed E-state index contributed by atoms with van der Waals surface area (Å²) in [5.41, 5.74) is 16.6. The van der Waals surface area contributed by atoms with Crippen LogP contribution in [0.5, 0.6) is 0 Å². The molecular weight excluding hydrogens is 262 g/mol. The zero-order valence-corrected chi connectivity index (χ0v) is 12.1. The van der Waals surface area contributed by atoms with Crippen LogP contribution >= 0.6 is 0 Å². The fourth-order valence-electron chi connectivity index (χ4n) is 2.89. The molecule has 1 aliphatic rings. The van der Waals surface area contributed by atoms with E-state index in [0.29, 0.717) is 16.9 Å². The van der Waals surface area contributed by atoms with Crippen LogP contribution in [0.1, 0.15) is 27.9 Å². The highest BCUT2D eigenvalue weighted by molar-refractivity contribution is 6.07. The van der Waals surface area contributed by atoms with E-state index in [2.05, 4.69) is 13.0 Å². The monoisotopic (exact) mass is 281 g/mol. The maximum atomic E-state index is 12.8. The molecule has 0 bridgehead atoms. The van der Waals surface area contributed by atoms with E-state index >= 15 is 0 Å². The standard InChI is InChI=1S/C17H19N3O/c1-11-4-5-16-12(7-11)3-2-6-20(16)17(21)13-8-14(18)10-15(19)9-13/h4-5,7-10H,2-3,6,18-19H2,1H3. The summed E-state index contributed by atoms with van der Waals surface area (Å²) in [6.07, 6.45) is 1.99. The van der Waals surface area contributed by atoms with Gasteiger partial charge in [0.2, 0.25) is 0 Å². The van der Waals surface area contributed by atoms with E-state index in [9.17, 15) is 4.79 Å². The minimum Gasteiger partial charge on any atom is -0.399 e. The largest absolute Gasteiger partial charge is 0.399 e. The molecule has 4 heteroatoms. The first-order valence-corrected chi connectivity index (χ1v) is 7.12. The van der Waals surface area contributed by atoms with E-state index in [1.165, 1.54) is 11.1 Å². The molecule has 2 aromatic carbocycles. The number of nitrogens with two attached hydrogens (primary N) is 2.